The average molecular weight is 418 g/mol. The third-order valence-corrected chi connectivity index (χ3v) is 6.61. The topological polar surface area (TPSA) is 102 Å². The van der Waals surface area contributed by atoms with E-state index in [0.717, 1.165) is 4.31 Å². The molecule has 0 bridgehead atoms. The predicted octanol–water partition coefficient (Wildman–Crippen LogP) is 2.19. The number of ether oxygens (including phenoxy) is 2. The minimum Gasteiger partial charge on any atom is -0.497 e. The predicted molar refractivity (Wildman–Crippen MR) is 106 cm³/mol. The molecule has 154 valence electrons. The van der Waals surface area contributed by atoms with Gasteiger partial charge in [-0.2, -0.15) is 0 Å². The molecular weight excluding hydrogens is 396 g/mol. The molecule has 0 aliphatic carbocycles. The standard InChI is InChI=1S/C20H22N2O6S/c1-12(2)22-20(24)16-7-5-13(10-18(16)29(22,25)26)19(23)21-11-14-9-15(27-3)6-8-17(14)28-4/h5-10,12H,11H2,1-4H3,(H,21,23). The number of nitrogens with one attached hydrogen (secondary N) is 1. The zero-order valence-corrected chi connectivity index (χ0v) is 17.4. The number of amides is 2. The van der Waals surface area contributed by atoms with Crippen molar-refractivity contribution in [3.8, 4) is 11.5 Å². The Labute approximate surface area is 169 Å². The third-order valence-electron chi connectivity index (χ3n) is 4.61. The van der Waals surface area contributed by atoms with E-state index in [4.69, 9.17) is 9.47 Å². The SMILES string of the molecule is COc1ccc(OC)c(CNC(=O)c2ccc3c(c2)S(=O)(=O)N(C(C)C)C3=O)c1. The molecule has 1 heterocycles. The second kappa shape index (κ2) is 7.75. The average Bonchev–Trinajstić information content (AvgIpc) is 2.90. The Balaban J connectivity index is 1.85. The number of nitrogens with zero attached hydrogens (tertiary/aromatic N) is 1. The summed E-state index contributed by atoms with van der Waals surface area (Å²) in [4.78, 5) is 24.9. The first kappa shape index (κ1) is 20.7. The molecule has 0 atom stereocenters. The first-order valence-electron chi connectivity index (χ1n) is 8.92. The summed E-state index contributed by atoms with van der Waals surface area (Å²) in [6.45, 7) is 3.40. The maximum Gasteiger partial charge on any atom is 0.269 e. The number of carbonyl (C=O) groups excluding carboxylic acids is 2. The van der Waals surface area contributed by atoms with Crippen LogP contribution in [0.15, 0.2) is 41.3 Å². The van der Waals surface area contributed by atoms with Gasteiger partial charge in [-0.15, -0.1) is 0 Å². The number of methoxy groups -OCH3 is 2. The third kappa shape index (κ3) is 3.65. The molecule has 2 aromatic carbocycles. The number of rotatable bonds is 6. The van der Waals surface area contributed by atoms with Gasteiger partial charge in [0.05, 0.1) is 19.8 Å². The molecule has 1 aliphatic heterocycles. The van der Waals surface area contributed by atoms with Crippen LogP contribution in [0.4, 0.5) is 0 Å². The number of hydrogen-bond donors (Lipinski definition) is 1. The molecule has 1 aliphatic rings. The molecule has 0 spiro atoms. The molecule has 2 aromatic rings. The van der Waals surface area contributed by atoms with Gasteiger partial charge in [0.15, 0.2) is 0 Å². The van der Waals surface area contributed by atoms with E-state index >= 15 is 0 Å². The van der Waals surface area contributed by atoms with Crippen molar-refractivity contribution in [1.29, 1.82) is 0 Å². The zero-order chi connectivity index (χ0) is 21.3. The first-order chi connectivity index (χ1) is 13.7. The lowest BCUT2D eigenvalue weighted by Gasteiger charge is -2.18. The van der Waals surface area contributed by atoms with Gasteiger partial charge in [0, 0.05) is 23.7 Å². The first-order valence-corrected chi connectivity index (χ1v) is 10.4. The molecule has 0 saturated carbocycles. The Morgan fingerprint density at radius 3 is 2.45 bits per heavy atom. The van der Waals surface area contributed by atoms with E-state index in [1.165, 1.54) is 32.4 Å². The van der Waals surface area contributed by atoms with Crippen molar-refractivity contribution in [2.24, 2.45) is 0 Å². The molecule has 0 unspecified atom stereocenters. The normalized spacial score (nSPS) is 14.7. The highest BCUT2D eigenvalue weighted by Crippen LogP contribution is 2.32. The molecule has 0 radical (unpaired) electrons. The van der Waals surface area contributed by atoms with Crippen LogP contribution in [0.5, 0.6) is 11.5 Å². The highest BCUT2D eigenvalue weighted by atomic mass is 32.2. The molecular formula is C20H22N2O6S. The highest BCUT2D eigenvalue weighted by Gasteiger charge is 2.42. The van der Waals surface area contributed by atoms with Gasteiger partial charge in [0.1, 0.15) is 16.4 Å². The second-order valence-corrected chi connectivity index (χ2v) is 8.55. The highest BCUT2D eigenvalue weighted by molar-refractivity contribution is 7.90. The van der Waals surface area contributed by atoms with Gasteiger partial charge < -0.3 is 14.8 Å². The molecule has 3 rings (SSSR count). The number of hydrogen-bond acceptors (Lipinski definition) is 6. The van der Waals surface area contributed by atoms with Gasteiger partial charge in [-0.3, -0.25) is 9.59 Å². The summed E-state index contributed by atoms with van der Waals surface area (Å²) >= 11 is 0. The van der Waals surface area contributed by atoms with E-state index in [2.05, 4.69) is 5.32 Å². The summed E-state index contributed by atoms with van der Waals surface area (Å²) in [6, 6.07) is 8.75. The van der Waals surface area contributed by atoms with Gasteiger partial charge in [-0.25, -0.2) is 12.7 Å². The zero-order valence-electron chi connectivity index (χ0n) is 16.6. The van der Waals surface area contributed by atoms with Gasteiger partial charge in [0.25, 0.3) is 21.8 Å². The minimum absolute atomic E-state index is 0.0738. The summed E-state index contributed by atoms with van der Waals surface area (Å²) in [5.74, 6) is 0.151. The summed E-state index contributed by atoms with van der Waals surface area (Å²) in [5.41, 5.74) is 0.924. The summed E-state index contributed by atoms with van der Waals surface area (Å²) in [7, 11) is -0.908. The quantitative estimate of drug-likeness (QED) is 0.772. The van der Waals surface area contributed by atoms with Crippen molar-refractivity contribution in [3.63, 3.8) is 0 Å². The van der Waals surface area contributed by atoms with Crippen LogP contribution in [0.3, 0.4) is 0 Å². The van der Waals surface area contributed by atoms with Crippen LogP contribution in [0.25, 0.3) is 0 Å². The van der Waals surface area contributed by atoms with E-state index in [-0.39, 0.29) is 22.6 Å². The molecule has 0 aromatic heterocycles. The van der Waals surface area contributed by atoms with E-state index in [0.29, 0.717) is 17.1 Å². The fourth-order valence-corrected chi connectivity index (χ4v) is 4.99. The van der Waals surface area contributed by atoms with Crippen molar-refractivity contribution in [1.82, 2.24) is 9.62 Å². The lowest BCUT2D eigenvalue weighted by molar-refractivity contribution is 0.0845. The van der Waals surface area contributed by atoms with Crippen LogP contribution in [-0.4, -0.2) is 44.8 Å². The fraction of sp³-hybridized carbons (Fsp3) is 0.300. The van der Waals surface area contributed by atoms with E-state index in [9.17, 15) is 18.0 Å². The number of sulfonamides is 1. The van der Waals surface area contributed by atoms with E-state index < -0.39 is 27.9 Å². The Morgan fingerprint density at radius 2 is 1.83 bits per heavy atom. The number of fused-ring (bicyclic) bond motifs is 1. The Kier molecular flexibility index (Phi) is 5.52. The van der Waals surface area contributed by atoms with Gasteiger partial charge >= 0.3 is 0 Å². The van der Waals surface area contributed by atoms with Crippen molar-refractivity contribution in [2.75, 3.05) is 14.2 Å². The number of benzene rings is 2. The van der Waals surface area contributed by atoms with Crippen molar-refractivity contribution < 1.29 is 27.5 Å². The van der Waals surface area contributed by atoms with Crippen LogP contribution >= 0.6 is 0 Å². The molecule has 0 saturated heterocycles. The molecule has 29 heavy (non-hydrogen) atoms. The van der Waals surface area contributed by atoms with Crippen LogP contribution < -0.4 is 14.8 Å². The minimum atomic E-state index is -3.97. The van der Waals surface area contributed by atoms with Gasteiger partial charge in [-0.05, 0) is 50.2 Å². The smallest absolute Gasteiger partial charge is 0.269 e. The maximum atomic E-state index is 12.7. The van der Waals surface area contributed by atoms with Crippen molar-refractivity contribution in [2.45, 2.75) is 31.3 Å². The molecule has 1 N–H and O–H groups in total. The monoisotopic (exact) mass is 418 g/mol. The lowest BCUT2D eigenvalue weighted by atomic mass is 10.1. The van der Waals surface area contributed by atoms with E-state index in [1.54, 1.807) is 32.0 Å². The van der Waals surface area contributed by atoms with Crippen LogP contribution in [0, 0.1) is 0 Å². The second-order valence-electron chi connectivity index (χ2n) is 6.77. The summed E-state index contributed by atoms with van der Waals surface area (Å²) in [5, 5.41) is 2.74. The van der Waals surface area contributed by atoms with Crippen LogP contribution in [-0.2, 0) is 16.6 Å². The Morgan fingerprint density at radius 1 is 1.10 bits per heavy atom. The largest absolute Gasteiger partial charge is 0.497 e. The molecule has 0 fully saturated rings. The Hall–Kier alpha value is -3.07. The summed E-state index contributed by atoms with van der Waals surface area (Å²) < 4.78 is 36.7. The Bertz CT molecular complexity index is 1080. The molecule has 9 heteroatoms. The lowest BCUT2D eigenvalue weighted by Crippen LogP contribution is -2.36. The van der Waals surface area contributed by atoms with Crippen molar-refractivity contribution >= 4 is 21.8 Å². The van der Waals surface area contributed by atoms with Crippen LogP contribution in [0.1, 0.15) is 40.1 Å². The fourth-order valence-electron chi connectivity index (χ4n) is 3.20. The maximum absolute atomic E-state index is 12.7. The molecule has 8 nitrogen and oxygen atoms in total. The molecule has 2 amide bonds. The van der Waals surface area contributed by atoms with Gasteiger partial charge in [0.2, 0.25) is 0 Å². The van der Waals surface area contributed by atoms with Crippen LogP contribution in [0.2, 0.25) is 0 Å². The number of carbonyl (C=O) groups is 2. The van der Waals surface area contributed by atoms with Gasteiger partial charge in [-0.1, -0.05) is 0 Å². The van der Waals surface area contributed by atoms with E-state index in [1.807, 2.05) is 0 Å². The van der Waals surface area contributed by atoms with Crippen molar-refractivity contribution in [3.05, 3.63) is 53.1 Å². The summed E-state index contributed by atoms with van der Waals surface area (Å²) in [6.07, 6.45) is 0.